The van der Waals surface area contributed by atoms with E-state index < -0.39 is 11.9 Å². The number of nitrogens with zero attached hydrogens (tertiary/aromatic N) is 4. The van der Waals surface area contributed by atoms with Crippen LogP contribution in [0.15, 0.2) is 47.5 Å². The van der Waals surface area contributed by atoms with Gasteiger partial charge >= 0.3 is 0 Å². The number of carbonyl (C=O) groups excluding carboxylic acids is 2. The molecular formula is C23H27N7O2S. The number of aromatic amines is 1. The Bertz CT molecular complexity index is 1120. The molecule has 2 aromatic heterocycles. The van der Waals surface area contributed by atoms with Crippen LogP contribution in [-0.2, 0) is 11.2 Å². The van der Waals surface area contributed by atoms with Crippen molar-refractivity contribution in [1.29, 1.82) is 0 Å². The van der Waals surface area contributed by atoms with Crippen molar-refractivity contribution in [2.75, 3.05) is 29.6 Å². The molecule has 1 aliphatic rings. The quantitative estimate of drug-likeness (QED) is 0.438. The molecule has 0 spiro atoms. The van der Waals surface area contributed by atoms with Crippen LogP contribution >= 0.6 is 11.8 Å². The maximum atomic E-state index is 13.0. The van der Waals surface area contributed by atoms with E-state index in [0.29, 0.717) is 18.0 Å². The van der Waals surface area contributed by atoms with E-state index in [0.717, 1.165) is 41.4 Å². The van der Waals surface area contributed by atoms with Gasteiger partial charge in [-0.25, -0.2) is 9.97 Å². The van der Waals surface area contributed by atoms with E-state index in [2.05, 4.69) is 37.7 Å². The molecule has 1 aliphatic heterocycles. The highest BCUT2D eigenvalue weighted by molar-refractivity contribution is 7.99. The van der Waals surface area contributed by atoms with Gasteiger partial charge in [0, 0.05) is 30.7 Å². The van der Waals surface area contributed by atoms with Crippen molar-refractivity contribution in [3.8, 4) is 0 Å². The van der Waals surface area contributed by atoms with Crippen molar-refractivity contribution in [3.63, 3.8) is 0 Å². The van der Waals surface area contributed by atoms with Crippen LogP contribution in [0.25, 0.3) is 0 Å². The summed E-state index contributed by atoms with van der Waals surface area (Å²) in [7, 11) is 1.70. The van der Waals surface area contributed by atoms with E-state index in [-0.39, 0.29) is 11.7 Å². The van der Waals surface area contributed by atoms with Crippen molar-refractivity contribution >= 4 is 35.1 Å². The first-order valence-electron chi connectivity index (χ1n) is 11.0. The summed E-state index contributed by atoms with van der Waals surface area (Å²) < 4.78 is 0. The summed E-state index contributed by atoms with van der Waals surface area (Å²) in [6, 6.07) is 11.1. The predicted molar refractivity (Wildman–Crippen MR) is 129 cm³/mol. The molecule has 10 heteroatoms. The molecule has 3 aromatic rings. The summed E-state index contributed by atoms with van der Waals surface area (Å²) in [6.07, 6.45) is 4.40. The van der Waals surface area contributed by atoms with Gasteiger partial charge in [0.05, 0.1) is 11.9 Å². The lowest BCUT2D eigenvalue weighted by Gasteiger charge is -2.21. The Morgan fingerprint density at radius 3 is 2.91 bits per heavy atom. The summed E-state index contributed by atoms with van der Waals surface area (Å²) in [5.74, 6) is 1.11. The molecule has 0 saturated carbocycles. The summed E-state index contributed by atoms with van der Waals surface area (Å²) in [4.78, 5) is 37.0. The lowest BCUT2D eigenvalue weighted by Crippen LogP contribution is -2.48. The third kappa shape index (κ3) is 5.51. The second-order valence-corrected chi connectivity index (χ2v) is 8.88. The SMILES string of the molecule is CCCCNc1cc2c(cn1)N(C)C(=O)[C@@H](NC(=O)c1n[nH]c(Cc3ccccc3)n1)CS2. The minimum absolute atomic E-state index is 0.0206. The van der Waals surface area contributed by atoms with Crippen molar-refractivity contribution in [3.05, 3.63) is 59.8 Å². The van der Waals surface area contributed by atoms with Crippen molar-refractivity contribution in [1.82, 2.24) is 25.5 Å². The zero-order valence-electron chi connectivity index (χ0n) is 18.7. The molecule has 3 N–H and O–H groups in total. The van der Waals surface area contributed by atoms with Gasteiger partial charge in [0.2, 0.25) is 11.7 Å². The molecule has 9 nitrogen and oxygen atoms in total. The number of pyridine rings is 1. The average molecular weight is 466 g/mol. The van der Waals surface area contributed by atoms with E-state index in [1.165, 1.54) is 11.8 Å². The van der Waals surface area contributed by atoms with Gasteiger partial charge in [-0.05, 0) is 18.1 Å². The fourth-order valence-corrected chi connectivity index (χ4v) is 4.58. The van der Waals surface area contributed by atoms with E-state index in [9.17, 15) is 9.59 Å². The summed E-state index contributed by atoms with van der Waals surface area (Å²) >= 11 is 1.52. The molecule has 1 aromatic carbocycles. The highest BCUT2D eigenvalue weighted by atomic mass is 32.2. The number of H-pyrrole nitrogens is 1. The van der Waals surface area contributed by atoms with Gasteiger partial charge in [-0.2, -0.15) is 0 Å². The number of aromatic nitrogens is 4. The number of anilines is 2. The van der Waals surface area contributed by atoms with Crippen molar-refractivity contribution in [2.45, 2.75) is 37.1 Å². The van der Waals surface area contributed by atoms with Crippen LogP contribution in [0.4, 0.5) is 11.5 Å². The molecule has 0 aliphatic carbocycles. The van der Waals surface area contributed by atoms with E-state index in [1.807, 2.05) is 36.4 Å². The number of benzene rings is 1. The standard InChI is InChI=1S/C23H27N7O2S/c1-3-4-10-24-19-12-18-17(13-25-19)30(2)23(32)16(14-33-18)26-22(31)21-27-20(28-29-21)11-15-8-6-5-7-9-15/h5-9,12-13,16H,3-4,10-11,14H2,1-2H3,(H,24,25)(H,26,31)(H,27,28,29)/t16-/m0/s1. The zero-order valence-corrected chi connectivity index (χ0v) is 19.5. The van der Waals surface area contributed by atoms with Crippen LogP contribution in [-0.4, -0.2) is 57.4 Å². The fraction of sp³-hybridized carbons (Fsp3) is 0.348. The Morgan fingerprint density at radius 1 is 1.30 bits per heavy atom. The summed E-state index contributed by atoms with van der Waals surface area (Å²) in [6.45, 7) is 2.99. The van der Waals surface area contributed by atoms with Gasteiger partial charge in [-0.3, -0.25) is 14.7 Å². The van der Waals surface area contributed by atoms with Gasteiger partial charge in [-0.15, -0.1) is 16.9 Å². The minimum Gasteiger partial charge on any atom is -0.370 e. The maximum Gasteiger partial charge on any atom is 0.291 e. The lowest BCUT2D eigenvalue weighted by molar-refractivity contribution is -0.119. The van der Waals surface area contributed by atoms with Crippen LogP contribution in [0.5, 0.6) is 0 Å². The Morgan fingerprint density at radius 2 is 2.12 bits per heavy atom. The number of hydrogen-bond acceptors (Lipinski definition) is 7. The Kier molecular flexibility index (Phi) is 7.23. The Hall–Kier alpha value is -3.40. The fourth-order valence-electron chi connectivity index (χ4n) is 3.48. The molecule has 172 valence electrons. The number of fused-ring (bicyclic) bond motifs is 1. The molecule has 0 fully saturated rings. The summed E-state index contributed by atoms with van der Waals surface area (Å²) in [5, 5.41) is 12.9. The molecule has 3 heterocycles. The van der Waals surface area contributed by atoms with Crippen LogP contribution in [0.2, 0.25) is 0 Å². The van der Waals surface area contributed by atoms with E-state index in [4.69, 9.17) is 0 Å². The maximum absolute atomic E-state index is 13.0. The van der Waals surface area contributed by atoms with Gasteiger partial charge in [0.25, 0.3) is 5.91 Å². The molecule has 0 bridgehead atoms. The molecular weight excluding hydrogens is 438 g/mol. The number of unbranched alkanes of at least 4 members (excludes halogenated alkanes) is 1. The van der Waals surface area contributed by atoms with Crippen LogP contribution < -0.4 is 15.5 Å². The topological polar surface area (TPSA) is 116 Å². The Balaban J connectivity index is 1.41. The number of hydrogen-bond donors (Lipinski definition) is 3. The highest BCUT2D eigenvalue weighted by Crippen LogP contribution is 2.34. The monoisotopic (exact) mass is 465 g/mol. The largest absolute Gasteiger partial charge is 0.370 e. The molecule has 33 heavy (non-hydrogen) atoms. The minimum atomic E-state index is -0.701. The third-order valence-corrected chi connectivity index (χ3v) is 6.47. The first-order valence-corrected chi connectivity index (χ1v) is 11.9. The van der Waals surface area contributed by atoms with E-state index >= 15 is 0 Å². The number of likely N-dealkylation sites (N-methyl/N-ethyl adjacent to an activating group) is 1. The zero-order chi connectivity index (χ0) is 23.2. The van der Waals surface area contributed by atoms with Gasteiger partial charge in [0.15, 0.2) is 0 Å². The van der Waals surface area contributed by atoms with Crippen molar-refractivity contribution in [2.24, 2.45) is 0 Å². The number of nitrogens with one attached hydrogen (secondary N) is 3. The molecule has 0 unspecified atom stereocenters. The smallest absolute Gasteiger partial charge is 0.291 e. The molecule has 4 rings (SSSR count). The van der Waals surface area contributed by atoms with Gasteiger partial charge in [0.1, 0.15) is 17.7 Å². The van der Waals surface area contributed by atoms with Crippen LogP contribution in [0.1, 0.15) is 41.8 Å². The molecule has 0 radical (unpaired) electrons. The van der Waals surface area contributed by atoms with Crippen molar-refractivity contribution < 1.29 is 9.59 Å². The van der Waals surface area contributed by atoms with Crippen LogP contribution in [0, 0.1) is 0 Å². The normalized spacial score (nSPS) is 15.6. The predicted octanol–water partition coefficient (Wildman–Crippen LogP) is 2.87. The molecule has 0 saturated heterocycles. The Labute approximate surface area is 196 Å². The van der Waals surface area contributed by atoms with E-state index in [1.54, 1.807) is 18.1 Å². The van der Waals surface area contributed by atoms with Gasteiger partial charge < -0.3 is 15.5 Å². The average Bonchev–Trinajstić information content (AvgIpc) is 3.26. The number of amides is 2. The molecule has 1 atom stereocenters. The summed E-state index contributed by atoms with van der Waals surface area (Å²) in [5.41, 5.74) is 1.79. The second kappa shape index (κ2) is 10.5. The lowest BCUT2D eigenvalue weighted by atomic mass is 10.1. The molecule has 2 amide bonds. The van der Waals surface area contributed by atoms with Gasteiger partial charge in [-0.1, -0.05) is 43.7 Å². The third-order valence-electron chi connectivity index (χ3n) is 5.33. The number of rotatable bonds is 8. The van der Waals surface area contributed by atoms with Crippen LogP contribution in [0.3, 0.4) is 0 Å². The first-order chi connectivity index (χ1) is 16.0. The number of carbonyl (C=O) groups is 2. The highest BCUT2D eigenvalue weighted by Gasteiger charge is 2.31. The number of thioether (sulfide) groups is 1. The second-order valence-electron chi connectivity index (χ2n) is 7.82. The first kappa shape index (κ1) is 22.8.